The Labute approximate surface area is 132 Å². The lowest BCUT2D eigenvalue weighted by Gasteiger charge is -2.26. The van der Waals surface area contributed by atoms with Gasteiger partial charge in [0.15, 0.2) is 0 Å². The van der Waals surface area contributed by atoms with Gasteiger partial charge in [0.25, 0.3) is 0 Å². The molecule has 21 heavy (non-hydrogen) atoms. The molecule has 0 saturated heterocycles. The number of hydrogen-bond acceptors (Lipinski definition) is 4. The molecule has 114 valence electrons. The van der Waals surface area contributed by atoms with E-state index in [1.54, 1.807) is 0 Å². The Bertz CT molecular complexity index is 549. The molecular formula is C17H25N3S. The van der Waals surface area contributed by atoms with Crippen molar-refractivity contribution >= 4 is 17.0 Å². The van der Waals surface area contributed by atoms with Gasteiger partial charge >= 0.3 is 0 Å². The summed E-state index contributed by atoms with van der Waals surface area (Å²) >= 11 is 1.82. The molecule has 0 radical (unpaired) electrons. The largest absolute Gasteiger partial charge is 0.366 e. The van der Waals surface area contributed by atoms with Crippen molar-refractivity contribution in [2.45, 2.75) is 46.8 Å². The second kappa shape index (κ2) is 7.57. The zero-order valence-corrected chi connectivity index (χ0v) is 14.2. The summed E-state index contributed by atoms with van der Waals surface area (Å²) < 4.78 is 0. The van der Waals surface area contributed by atoms with E-state index in [9.17, 15) is 0 Å². The van der Waals surface area contributed by atoms with Crippen LogP contribution < -0.4 is 10.2 Å². The molecule has 0 aromatic carbocycles. The van der Waals surface area contributed by atoms with Crippen LogP contribution in [0.5, 0.6) is 0 Å². The van der Waals surface area contributed by atoms with E-state index < -0.39 is 0 Å². The van der Waals surface area contributed by atoms with Crippen LogP contribution in [0.3, 0.4) is 0 Å². The van der Waals surface area contributed by atoms with Gasteiger partial charge in [-0.05, 0) is 31.4 Å². The molecule has 0 spiro atoms. The van der Waals surface area contributed by atoms with Crippen LogP contribution in [0.1, 0.15) is 36.9 Å². The lowest BCUT2D eigenvalue weighted by atomic mass is 10.1. The number of nitrogens with zero attached hydrogens (tertiary/aromatic N) is 2. The predicted octanol–water partition coefficient (Wildman–Crippen LogP) is 3.98. The maximum atomic E-state index is 4.47. The van der Waals surface area contributed by atoms with Crippen LogP contribution in [0.2, 0.25) is 0 Å². The summed E-state index contributed by atoms with van der Waals surface area (Å²) in [5, 5.41) is 5.64. The minimum absolute atomic E-state index is 0.478. The molecule has 0 saturated carbocycles. The van der Waals surface area contributed by atoms with Crippen LogP contribution in [0.4, 0.5) is 5.69 Å². The third-order valence-electron chi connectivity index (χ3n) is 3.45. The van der Waals surface area contributed by atoms with Crippen LogP contribution in [0, 0.1) is 6.92 Å². The van der Waals surface area contributed by atoms with Crippen molar-refractivity contribution in [2.24, 2.45) is 0 Å². The smallest absolute Gasteiger partial charge is 0.0522 e. The van der Waals surface area contributed by atoms with Gasteiger partial charge in [-0.15, -0.1) is 11.3 Å². The molecule has 2 heterocycles. The van der Waals surface area contributed by atoms with Gasteiger partial charge in [-0.25, -0.2) is 0 Å². The molecule has 0 fully saturated rings. The molecule has 0 aliphatic rings. The molecule has 2 aromatic rings. The van der Waals surface area contributed by atoms with Crippen LogP contribution in [0.15, 0.2) is 29.8 Å². The molecule has 0 atom stereocenters. The second-order valence-electron chi connectivity index (χ2n) is 5.58. The van der Waals surface area contributed by atoms with Crippen molar-refractivity contribution in [1.82, 2.24) is 10.3 Å². The van der Waals surface area contributed by atoms with Gasteiger partial charge in [-0.3, -0.25) is 4.98 Å². The number of anilines is 1. The third-order valence-corrected chi connectivity index (χ3v) is 4.31. The number of nitrogens with one attached hydrogen (secondary N) is 1. The quantitative estimate of drug-likeness (QED) is 0.838. The van der Waals surface area contributed by atoms with Crippen molar-refractivity contribution in [2.75, 3.05) is 11.4 Å². The summed E-state index contributed by atoms with van der Waals surface area (Å²) in [7, 11) is 0. The fourth-order valence-electron chi connectivity index (χ4n) is 2.28. The minimum atomic E-state index is 0.478. The Morgan fingerprint density at radius 2 is 2.19 bits per heavy atom. The molecule has 2 aromatic heterocycles. The number of rotatable bonds is 7. The number of hydrogen-bond donors (Lipinski definition) is 1. The molecule has 1 N–H and O–H groups in total. The lowest BCUT2D eigenvalue weighted by Crippen LogP contribution is -2.27. The van der Waals surface area contributed by atoms with Crippen molar-refractivity contribution in [3.63, 3.8) is 0 Å². The summed E-state index contributed by atoms with van der Waals surface area (Å²) in [6, 6.07) is 7.00. The Morgan fingerprint density at radius 3 is 2.81 bits per heavy atom. The molecule has 3 nitrogen and oxygen atoms in total. The predicted molar refractivity (Wildman–Crippen MR) is 92.0 cm³/mol. The van der Waals surface area contributed by atoms with Crippen LogP contribution in [-0.4, -0.2) is 17.6 Å². The number of pyridine rings is 1. The Balaban J connectivity index is 2.23. The molecule has 4 heteroatoms. The van der Waals surface area contributed by atoms with E-state index in [4.69, 9.17) is 0 Å². The summed E-state index contributed by atoms with van der Waals surface area (Å²) in [6.07, 6.45) is 2.01. The van der Waals surface area contributed by atoms with E-state index in [-0.39, 0.29) is 0 Å². The van der Waals surface area contributed by atoms with E-state index >= 15 is 0 Å². The number of aryl methyl sites for hydroxylation is 1. The summed E-state index contributed by atoms with van der Waals surface area (Å²) in [6.45, 7) is 11.4. The number of aromatic nitrogens is 1. The van der Waals surface area contributed by atoms with E-state index in [2.05, 4.69) is 66.5 Å². The lowest BCUT2D eigenvalue weighted by molar-refractivity contribution is 0.586. The summed E-state index contributed by atoms with van der Waals surface area (Å²) in [5.74, 6) is 0. The van der Waals surface area contributed by atoms with Gasteiger partial charge in [0, 0.05) is 47.2 Å². The molecule has 0 amide bonds. The third kappa shape index (κ3) is 4.55. The Kier molecular flexibility index (Phi) is 5.76. The normalized spacial score (nSPS) is 11.1. The molecule has 2 rings (SSSR count). The highest BCUT2D eigenvalue weighted by Gasteiger charge is 2.12. The Morgan fingerprint density at radius 1 is 1.38 bits per heavy atom. The first kappa shape index (κ1) is 16.0. The van der Waals surface area contributed by atoms with Crippen molar-refractivity contribution in [3.8, 4) is 0 Å². The summed E-state index contributed by atoms with van der Waals surface area (Å²) in [4.78, 5) is 8.29. The van der Waals surface area contributed by atoms with Gasteiger partial charge in [0.1, 0.15) is 0 Å². The van der Waals surface area contributed by atoms with Gasteiger partial charge < -0.3 is 10.2 Å². The standard InChI is InChI=1S/C17H25N3S/c1-5-20(12-16-7-6-8-21-16)17-9-14(4)19-11-15(17)10-18-13(2)3/h6-9,11,13,18H,5,10,12H2,1-4H3. The van der Waals surface area contributed by atoms with Crippen molar-refractivity contribution < 1.29 is 0 Å². The van der Waals surface area contributed by atoms with E-state index in [0.717, 1.165) is 25.3 Å². The average molecular weight is 303 g/mol. The van der Waals surface area contributed by atoms with E-state index in [1.807, 2.05) is 17.5 Å². The van der Waals surface area contributed by atoms with E-state index in [1.165, 1.54) is 16.1 Å². The zero-order chi connectivity index (χ0) is 15.2. The Hall–Kier alpha value is -1.39. The molecular weight excluding hydrogens is 278 g/mol. The van der Waals surface area contributed by atoms with Crippen LogP contribution in [-0.2, 0) is 13.1 Å². The first-order valence-electron chi connectivity index (χ1n) is 7.56. The van der Waals surface area contributed by atoms with Crippen LogP contribution >= 0.6 is 11.3 Å². The van der Waals surface area contributed by atoms with Crippen molar-refractivity contribution in [1.29, 1.82) is 0 Å². The minimum Gasteiger partial charge on any atom is -0.366 e. The first-order valence-corrected chi connectivity index (χ1v) is 8.44. The first-order chi connectivity index (χ1) is 10.1. The fourth-order valence-corrected chi connectivity index (χ4v) is 3.00. The highest BCUT2D eigenvalue weighted by molar-refractivity contribution is 7.09. The SMILES string of the molecule is CCN(Cc1cccs1)c1cc(C)ncc1CNC(C)C. The maximum absolute atomic E-state index is 4.47. The highest BCUT2D eigenvalue weighted by atomic mass is 32.1. The molecule has 0 unspecified atom stereocenters. The van der Waals surface area contributed by atoms with Crippen molar-refractivity contribution in [3.05, 3.63) is 45.9 Å². The maximum Gasteiger partial charge on any atom is 0.0522 e. The average Bonchev–Trinajstić information content (AvgIpc) is 2.96. The fraction of sp³-hybridized carbons (Fsp3) is 0.471. The summed E-state index contributed by atoms with van der Waals surface area (Å²) in [5.41, 5.74) is 3.64. The molecule has 0 aliphatic carbocycles. The molecule has 0 aliphatic heterocycles. The second-order valence-corrected chi connectivity index (χ2v) is 6.62. The van der Waals surface area contributed by atoms with Gasteiger partial charge in [-0.1, -0.05) is 19.9 Å². The van der Waals surface area contributed by atoms with Crippen LogP contribution in [0.25, 0.3) is 0 Å². The zero-order valence-electron chi connectivity index (χ0n) is 13.4. The number of thiophene rings is 1. The monoisotopic (exact) mass is 303 g/mol. The van der Waals surface area contributed by atoms with Gasteiger partial charge in [0.05, 0.1) is 6.54 Å². The van der Waals surface area contributed by atoms with E-state index in [0.29, 0.717) is 6.04 Å². The molecule has 0 bridgehead atoms. The topological polar surface area (TPSA) is 28.2 Å². The van der Waals surface area contributed by atoms with Gasteiger partial charge in [-0.2, -0.15) is 0 Å². The van der Waals surface area contributed by atoms with Gasteiger partial charge in [0.2, 0.25) is 0 Å². The highest BCUT2D eigenvalue weighted by Crippen LogP contribution is 2.24.